The Morgan fingerprint density at radius 3 is 2.07 bits per heavy atom. The van der Waals surface area contributed by atoms with Gasteiger partial charge in [-0.05, 0) is 20.8 Å². The zero-order valence-corrected chi connectivity index (χ0v) is 9.71. The number of hydrogen-bond donors (Lipinski definition) is 1. The topological polar surface area (TPSA) is 32.5 Å². The highest BCUT2D eigenvalue weighted by Crippen LogP contribution is 2.15. The van der Waals surface area contributed by atoms with Crippen LogP contribution in [0.15, 0.2) is 12.3 Å². The molecule has 0 aromatic rings. The van der Waals surface area contributed by atoms with Crippen molar-refractivity contribution in [3.05, 3.63) is 12.3 Å². The van der Waals surface area contributed by atoms with Crippen LogP contribution in [0.1, 0.15) is 20.8 Å². The SMILES string of the molecule is C=C(N)CN1CCN(C(C)(C)C)CC1. The average molecular weight is 197 g/mol. The summed E-state index contributed by atoms with van der Waals surface area (Å²) in [7, 11) is 0. The van der Waals surface area contributed by atoms with Crippen LogP contribution in [0.5, 0.6) is 0 Å². The Balaban J connectivity index is 2.35. The second kappa shape index (κ2) is 4.32. The fraction of sp³-hybridized carbons (Fsp3) is 0.818. The van der Waals surface area contributed by atoms with Crippen molar-refractivity contribution in [1.82, 2.24) is 9.80 Å². The van der Waals surface area contributed by atoms with Gasteiger partial charge in [-0.15, -0.1) is 0 Å². The van der Waals surface area contributed by atoms with Crippen molar-refractivity contribution in [2.24, 2.45) is 5.73 Å². The Hall–Kier alpha value is -0.540. The van der Waals surface area contributed by atoms with E-state index in [1.54, 1.807) is 0 Å². The lowest BCUT2D eigenvalue weighted by atomic mass is 10.1. The summed E-state index contributed by atoms with van der Waals surface area (Å²) in [6.07, 6.45) is 0. The molecule has 1 fully saturated rings. The van der Waals surface area contributed by atoms with Gasteiger partial charge in [0, 0.05) is 44.0 Å². The predicted octanol–water partition coefficient (Wildman–Crippen LogP) is 0.875. The summed E-state index contributed by atoms with van der Waals surface area (Å²) in [5, 5.41) is 0. The first-order chi connectivity index (χ1) is 6.39. The van der Waals surface area contributed by atoms with Gasteiger partial charge in [0.15, 0.2) is 0 Å². The maximum atomic E-state index is 5.59. The van der Waals surface area contributed by atoms with Crippen LogP contribution in [0, 0.1) is 0 Å². The smallest absolute Gasteiger partial charge is 0.0374 e. The largest absolute Gasteiger partial charge is 0.401 e. The minimum atomic E-state index is 0.297. The molecule has 3 nitrogen and oxygen atoms in total. The summed E-state index contributed by atoms with van der Waals surface area (Å²) in [5.41, 5.74) is 6.66. The van der Waals surface area contributed by atoms with E-state index in [0.29, 0.717) is 5.54 Å². The van der Waals surface area contributed by atoms with E-state index >= 15 is 0 Å². The third kappa shape index (κ3) is 3.31. The van der Waals surface area contributed by atoms with Crippen LogP contribution in [0.3, 0.4) is 0 Å². The molecule has 1 saturated heterocycles. The van der Waals surface area contributed by atoms with E-state index in [1.165, 1.54) is 0 Å². The second-order valence-corrected chi connectivity index (χ2v) is 5.09. The average Bonchev–Trinajstić information content (AvgIpc) is 2.02. The number of hydrogen-bond acceptors (Lipinski definition) is 3. The molecule has 0 amide bonds. The molecular formula is C11H23N3. The van der Waals surface area contributed by atoms with Crippen LogP contribution in [0.4, 0.5) is 0 Å². The van der Waals surface area contributed by atoms with Crippen LogP contribution >= 0.6 is 0 Å². The number of rotatable bonds is 2. The van der Waals surface area contributed by atoms with E-state index in [1.807, 2.05) is 0 Å². The standard InChI is InChI=1S/C11H23N3/c1-10(12)9-13-5-7-14(8-6-13)11(2,3)4/h1,5-9,12H2,2-4H3. The first-order valence-corrected chi connectivity index (χ1v) is 5.30. The molecule has 0 aromatic carbocycles. The van der Waals surface area contributed by atoms with Gasteiger partial charge in [-0.3, -0.25) is 9.80 Å². The minimum absolute atomic E-state index is 0.297. The highest BCUT2D eigenvalue weighted by molar-refractivity contribution is 4.92. The Morgan fingerprint density at radius 2 is 1.71 bits per heavy atom. The van der Waals surface area contributed by atoms with E-state index in [9.17, 15) is 0 Å². The minimum Gasteiger partial charge on any atom is -0.401 e. The Kier molecular flexibility index (Phi) is 3.56. The maximum absolute atomic E-state index is 5.59. The zero-order chi connectivity index (χ0) is 10.8. The lowest BCUT2D eigenvalue weighted by Crippen LogP contribution is -2.53. The molecule has 0 aromatic heterocycles. The number of piperazine rings is 1. The van der Waals surface area contributed by atoms with Gasteiger partial charge in [-0.1, -0.05) is 6.58 Å². The van der Waals surface area contributed by atoms with Crippen molar-refractivity contribution in [2.45, 2.75) is 26.3 Å². The molecule has 1 rings (SSSR count). The lowest BCUT2D eigenvalue weighted by Gasteiger charge is -2.42. The molecule has 0 aliphatic carbocycles. The van der Waals surface area contributed by atoms with Gasteiger partial charge in [0.2, 0.25) is 0 Å². The summed E-state index contributed by atoms with van der Waals surface area (Å²) >= 11 is 0. The summed E-state index contributed by atoms with van der Waals surface area (Å²) < 4.78 is 0. The first kappa shape index (κ1) is 11.5. The van der Waals surface area contributed by atoms with Crippen molar-refractivity contribution in [2.75, 3.05) is 32.7 Å². The van der Waals surface area contributed by atoms with Gasteiger partial charge >= 0.3 is 0 Å². The highest BCUT2D eigenvalue weighted by atomic mass is 15.3. The van der Waals surface area contributed by atoms with Crippen LogP contribution in [-0.2, 0) is 0 Å². The molecule has 82 valence electrons. The molecular weight excluding hydrogens is 174 g/mol. The third-order valence-corrected chi connectivity index (χ3v) is 2.75. The highest BCUT2D eigenvalue weighted by Gasteiger charge is 2.25. The molecule has 1 heterocycles. The molecule has 1 aliphatic heterocycles. The van der Waals surface area contributed by atoms with Crippen LogP contribution in [0.25, 0.3) is 0 Å². The van der Waals surface area contributed by atoms with Crippen molar-refractivity contribution in [3.8, 4) is 0 Å². The molecule has 0 radical (unpaired) electrons. The number of nitrogens with two attached hydrogens (primary N) is 1. The summed E-state index contributed by atoms with van der Waals surface area (Å²) in [6, 6.07) is 0. The van der Waals surface area contributed by atoms with Crippen molar-refractivity contribution >= 4 is 0 Å². The maximum Gasteiger partial charge on any atom is 0.0374 e. The quantitative estimate of drug-likeness (QED) is 0.713. The van der Waals surface area contributed by atoms with E-state index in [0.717, 1.165) is 38.4 Å². The van der Waals surface area contributed by atoms with Crippen LogP contribution < -0.4 is 5.73 Å². The van der Waals surface area contributed by atoms with E-state index < -0.39 is 0 Å². The molecule has 3 heteroatoms. The van der Waals surface area contributed by atoms with Gasteiger partial charge in [-0.25, -0.2) is 0 Å². The number of nitrogens with zero attached hydrogens (tertiary/aromatic N) is 2. The van der Waals surface area contributed by atoms with Crippen molar-refractivity contribution in [3.63, 3.8) is 0 Å². The monoisotopic (exact) mass is 197 g/mol. The predicted molar refractivity (Wildman–Crippen MR) is 61.1 cm³/mol. The molecule has 0 unspecified atom stereocenters. The molecule has 0 atom stereocenters. The third-order valence-electron chi connectivity index (χ3n) is 2.75. The zero-order valence-electron chi connectivity index (χ0n) is 9.71. The first-order valence-electron chi connectivity index (χ1n) is 5.30. The molecule has 1 aliphatic rings. The molecule has 0 bridgehead atoms. The van der Waals surface area contributed by atoms with Crippen molar-refractivity contribution in [1.29, 1.82) is 0 Å². The van der Waals surface area contributed by atoms with Gasteiger partial charge < -0.3 is 5.73 Å². The fourth-order valence-corrected chi connectivity index (χ4v) is 1.86. The van der Waals surface area contributed by atoms with E-state index in [-0.39, 0.29) is 0 Å². The Bertz CT molecular complexity index is 197. The van der Waals surface area contributed by atoms with Gasteiger partial charge in [0.05, 0.1) is 0 Å². The Labute approximate surface area is 87.6 Å². The van der Waals surface area contributed by atoms with Gasteiger partial charge in [0.1, 0.15) is 0 Å². The fourth-order valence-electron chi connectivity index (χ4n) is 1.86. The van der Waals surface area contributed by atoms with E-state index in [4.69, 9.17) is 5.73 Å². The van der Waals surface area contributed by atoms with Crippen molar-refractivity contribution < 1.29 is 0 Å². The lowest BCUT2D eigenvalue weighted by molar-refractivity contribution is 0.0663. The summed E-state index contributed by atoms with van der Waals surface area (Å²) in [6.45, 7) is 15.9. The normalized spacial score (nSPS) is 21.1. The molecule has 0 spiro atoms. The van der Waals surface area contributed by atoms with Gasteiger partial charge in [-0.2, -0.15) is 0 Å². The molecule has 0 saturated carbocycles. The van der Waals surface area contributed by atoms with Crippen LogP contribution in [-0.4, -0.2) is 48.1 Å². The van der Waals surface area contributed by atoms with Gasteiger partial charge in [0.25, 0.3) is 0 Å². The molecule has 2 N–H and O–H groups in total. The second-order valence-electron chi connectivity index (χ2n) is 5.09. The summed E-state index contributed by atoms with van der Waals surface area (Å²) in [5.74, 6) is 0. The van der Waals surface area contributed by atoms with E-state index in [2.05, 4.69) is 37.1 Å². The van der Waals surface area contributed by atoms with Crippen LogP contribution in [0.2, 0.25) is 0 Å². The molecule has 14 heavy (non-hydrogen) atoms. The Morgan fingerprint density at radius 1 is 1.21 bits per heavy atom. The summed E-state index contributed by atoms with van der Waals surface area (Å²) in [4.78, 5) is 4.88.